The normalized spacial score (nSPS) is 20.9. The first-order chi connectivity index (χ1) is 13.6. The maximum absolute atomic E-state index is 13.0. The summed E-state index contributed by atoms with van der Waals surface area (Å²) in [6.07, 6.45) is 2.95. The predicted molar refractivity (Wildman–Crippen MR) is 104 cm³/mol. The minimum Gasteiger partial charge on any atom is -0.450 e. The lowest BCUT2D eigenvalue weighted by atomic mass is 10.0. The number of nitrogens with zero attached hydrogens (tertiary/aromatic N) is 3. The Morgan fingerprint density at radius 2 is 1.79 bits per heavy atom. The number of carbonyl (C=O) groups is 2. The van der Waals surface area contributed by atoms with Crippen LogP contribution in [0, 0.1) is 5.82 Å². The zero-order valence-corrected chi connectivity index (χ0v) is 16.6. The van der Waals surface area contributed by atoms with Gasteiger partial charge in [-0.3, -0.25) is 9.69 Å². The van der Waals surface area contributed by atoms with Gasteiger partial charge in [-0.25, -0.2) is 9.18 Å². The second-order valence-corrected chi connectivity index (χ2v) is 7.48. The summed E-state index contributed by atoms with van der Waals surface area (Å²) in [5.41, 5.74) is 0.985. The molecule has 28 heavy (non-hydrogen) atoms. The van der Waals surface area contributed by atoms with Gasteiger partial charge in [-0.05, 0) is 43.9 Å². The molecule has 0 aliphatic carbocycles. The lowest BCUT2D eigenvalue weighted by Crippen LogP contribution is -2.56. The van der Waals surface area contributed by atoms with E-state index < -0.39 is 0 Å². The van der Waals surface area contributed by atoms with Crippen molar-refractivity contribution >= 4 is 12.0 Å². The third kappa shape index (κ3) is 5.44. The van der Waals surface area contributed by atoms with E-state index in [9.17, 15) is 14.0 Å². The average molecular weight is 391 g/mol. The molecule has 0 bridgehead atoms. The van der Waals surface area contributed by atoms with Gasteiger partial charge < -0.3 is 14.5 Å². The van der Waals surface area contributed by atoms with E-state index in [0.717, 1.165) is 44.6 Å². The molecule has 1 atom stereocenters. The van der Waals surface area contributed by atoms with Crippen LogP contribution in [0.1, 0.15) is 31.7 Å². The zero-order valence-electron chi connectivity index (χ0n) is 16.6. The Labute approximate surface area is 166 Å². The van der Waals surface area contributed by atoms with Crippen LogP contribution in [0.25, 0.3) is 0 Å². The molecular formula is C21H30FN3O3. The Bertz CT molecular complexity index is 659. The SMILES string of the molecule is CCOC(=O)N1CCN(C2CCCN(C(=O)CCc3ccc(F)cc3)C2)CC1. The van der Waals surface area contributed by atoms with Crippen LogP contribution in [0.15, 0.2) is 24.3 Å². The van der Waals surface area contributed by atoms with Crippen LogP contribution >= 0.6 is 0 Å². The van der Waals surface area contributed by atoms with E-state index in [1.54, 1.807) is 17.0 Å². The molecule has 0 saturated carbocycles. The summed E-state index contributed by atoms with van der Waals surface area (Å²) < 4.78 is 18.1. The first-order valence-corrected chi connectivity index (χ1v) is 10.2. The summed E-state index contributed by atoms with van der Waals surface area (Å²) >= 11 is 0. The molecule has 6 nitrogen and oxygen atoms in total. The molecule has 2 saturated heterocycles. The fraction of sp³-hybridized carbons (Fsp3) is 0.619. The van der Waals surface area contributed by atoms with Crippen molar-refractivity contribution in [3.05, 3.63) is 35.6 Å². The highest BCUT2D eigenvalue weighted by molar-refractivity contribution is 5.76. The third-order valence-corrected chi connectivity index (χ3v) is 5.65. The van der Waals surface area contributed by atoms with Crippen LogP contribution in [0.2, 0.25) is 0 Å². The molecule has 2 heterocycles. The van der Waals surface area contributed by atoms with Gasteiger partial charge in [0, 0.05) is 51.7 Å². The zero-order chi connectivity index (χ0) is 19.9. The molecule has 1 unspecified atom stereocenters. The molecule has 1 aromatic rings. The van der Waals surface area contributed by atoms with Crippen LogP contribution in [-0.2, 0) is 16.0 Å². The minimum atomic E-state index is -0.253. The summed E-state index contributed by atoms with van der Waals surface area (Å²) in [4.78, 5) is 30.6. The van der Waals surface area contributed by atoms with E-state index in [4.69, 9.17) is 4.74 Å². The largest absolute Gasteiger partial charge is 0.450 e. The first-order valence-electron chi connectivity index (χ1n) is 10.2. The predicted octanol–water partition coefficient (Wildman–Crippen LogP) is 2.52. The standard InChI is InChI=1S/C21H30FN3O3/c1-2-28-21(27)24-14-12-23(13-15-24)19-4-3-11-25(16-19)20(26)10-7-17-5-8-18(22)9-6-17/h5-6,8-9,19H,2-4,7,10-16H2,1H3. The Balaban J connectivity index is 1.45. The molecular weight excluding hydrogens is 361 g/mol. The van der Waals surface area contributed by atoms with E-state index in [1.807, 2.05) is 11.8 Å². The molecule has 2 aliphatic heterocycles. The highest BCUT2D eigenvalue weighted by Crippen LogP contribution is 2.19. The maximum atomic E-state index is 13.0. The topological polar surface area (TPSA) is 53.1 Å². The number of likely N-dealkylation sites (tertiary alicyclic amines) is 1. The fourth-order valence-electron chi connectivity index (χ4n) is 4.02. The summed E-state index contributed by atoms with van der Waals surface area (Å²) in [5, 5.41) is 0. The summed E-state index contributed by atoms with van der Waals surface area (Å²) in [6, 6.07) is 6.71. The Morgan fingerprint density at radius 3 is 2.46 bits per heavy atom. The molecule has 1 aromatic carbocycles. The summed E-state index contributed by atoms with van der Waals surface area (Å²) in [7, 11) is 0. The van der Waals surface area contributed by atoms with Crippen LogP contribution in [0.4, 0.5) is 9.18 Å². The van der Waals surface area contributed by atoms with E-state index in [-0.39, 0.29) is 17.8 Å². The van der Waals surface area contributed by atoms with Crippen LogP contribution in [0.3, 0.4) is 0 Å². The number of aryl methyl sites for hydroxylation is 1. The van der Waals surface area contributed by atoms with Crippen LogP contribution < -0.4 is 0 Å². The highest BCUT2D eigenvalue weighted by atomic mass is 19.1. The van der Waals surface area contributed by atoms with E-state index in [0.29, 0.717) is 38.6 Å². The number of piperidine rings is 1. The highest BCUT2D eigenvalue weighted by Gasteiger charge is 2.31. The van der Waals surface area contributed by atoms with E-state index in [1.165, 1.54) is 12.1 Å². The number of ether oxygens (including phenoxy) is 1. The Kier molecular flexibility index (Phi) is 7.25. The molecule has 0 radical (unpaired) electrons. The number of piperazine rings is 1. The first kappa shape index (κ1) is 20.6. The molecule has 2 amide bonds. The number of carbonyl (C=O) groups excluding carboxylic acids is 2. The van der Waals surface area contributed by atoms with Crippen molar-refractivity contribution in [2.24, 2.45) is 0 Å². The van der Waals surface area contributed by atoms with Crippen molar-refractivity contribution in [3.63, 3.8) is 0 Å². The van der Waals surface area contributed by atoms with Gasteiger partial charge in [0.05, 0.1) is 6.61 Å². The van der Waals surface area contributed by atoms with Crippen molar-refractivity contribution in [2.75, 3.05) is 45.9 Å². The minimum absolute atomic E-state index is 0.166. The molecule has 3 rings (SSSR count). The van der Waals surface area contributed by atoms with E-state index >= 15 is 0 Å². The number of halogens is 1. The van der Waals surface area contributed by atoms with Gasteiger partial charge in [-0.2, -0.15) is 0 Å². The lowest BCUT2D eigenvalue weighted by Gasteiger charge is -2.43. The quantitative estimate of drug-likeness (QED) is 0.774. The second-order valence-electron chi connectivity index (χ2n) is 7.48. The monoisotopic (exact) mass is 391 g/mol. The van der Waals surface area contributed by atoms with E-state index in [2.05, 4.69) is 4.90 Å². The molecule has 7 heteroatoms. The van der Waals surface area contributed by atoms with Crippen LogP contribution in [-0.4, -0.2) is 78.6 Å². The number of hydrogen-bond acceptors (Lipinski definition) is 4. The number of rotatable bonds is 5. The van der Waals surface area contributed by atoms with Gasteiger partial charge in [-0.15, -0.1) is 0 Å². The fourth-order valence-corrected chi connectivity index (χ4v) is 4.02. The van der Waals surface area contributed by atoms with Crippen LogP contribution in [0.5, 0.6) is 0 Å². The third-order valence-electron chi connectivity index (χ3n) is 5.65. The average Bonchev–Trinajstić information content (AvgIpc) is 2.73. The summed E-state index contributed by atoms with van der Waals surface area (Å²) in [5.74, 6) is -0.0869. The van der Waals surface area contributed by atoms with Crippen molar-refractivity contribution in [2.45, 2.75) is 38.6 Å². The lowest BCUT2D eigenvalue weighted by molar-refractivity contribution is -0.133. The smallest absolute Gasteiger partial charge is 0.409 e. The van der Waals surface area contributed by atoms with Crippen molar-refractivity contribution < 1.29 is 18.7 Å². The second kappa shape index (κ2) is 9.87. The molecule has 0 spiro atoms. The number of amides is 2. The maximum Gasteiger partial charge on any atom is 0.409 e. The number of hydrogen-bond donors (Lipinski definition) is 0. The van der Waals surface area contributed by atoms with Crippen molar-refractivity contribution in [1.82, 2.24) is 14.7 Å². The Hall–Kier alpha value is -2.15. The van der Waals surface area contributed by atoms with Gasteiger partial charge in [0.2, 0.25) is 5.91 Å². The molecule has 154 valence electrons. The molecule has 0 aromatic heterocycles. The molecule has 0 N–H and O–H groups in total. The molecule has 2 aliphatic rings. The van der Waals surface area contributed by atoms with Crippen molar-refractivity contribution in [3.8, 4) is 0 Å². The van der Waals surface area contributed by atoms with Crippen molar-refractivity contribution in [1.29, 1.82) is 0 Å². The van der Waals surface area contributed by atoms with Gasteiger partial charge in [0.25, 0.3) is 0 Å². The van der Waals surface area contributed by atoms with Gasteiger partial charge >= 0.3 is 6.09 Å². The van der Waals surface area contributed by atoms with Gasteiger partial charge in [0.1, 0.15) is 5.82 Å². The molecule has 2 fully saturated rings. The van der Waals surface area contributed by atoms with Gasteiger partial charge in [-0.1, -0.05) is 12.1 Å². The van der Waals surface area contributed by atoms with Gasteiger partial charge in [0.15, 0.2) is 0 Å². The summed E-state index contributed by atoms with van der Waals surface area (Å²) in [6.45, 7) is 6.77. The Morgan fingerprint density at radius 1 is 1.07 bits per heavy atom. The number of benzene rings is 1.